The van der Waals surface area contributed by atoms with Crippen LogP contribution in [-0.2, 0) is 6.42 Å². The summed E-state index contributed by atoms with van der Waals surface area (Å²) in [6.45, 7) is 0. The van der Waals surface area contributed by atoms with Crippen molar-refractivity contribution < 1.29 is 0 Å². The molecule has 2 saturated carbocycles. The average molecular weight is 283 g/mol. The molecule has 0 radical (unpaired) electrons. The van der Waals surface area contributed by atoms with Crippen molar-refractivity contribution in [1.82, 2.24) is 0 Å². The van der Waals surface area contributed by atoms with Crippen LogP contribution < -0.4 is 5.73 Å². The Labute approximate surface area is 129 Å². The highest BCUT2D eigenvalue weighted by Crippen LogP contribution is 2.48. The third-order valence-electron chi connectivity index (χ3n) is 6.35. The van der Waals surface area contributed by atoms with Crippen molar-refractivity contribution in [3.05, 3.63) is 35.4 Å². The number of rotatable bonds is 3. The molecule has 3 unspecified atom stereocenters. The van der Waals surface area contributed by atoms with E-state index in [0.717, 1.165) is 17.8 Å². The predicted molar refractivity (Wildman–Crippen MR) is 88.3 cm³/mol. The number of fused-ring (bicyclic) bond motifs is 1. The summed E-state index contributed by atoms with van der Waals surface area (Å²) >= 11 is 0. The van der Waals surface area contributed by atoms with E-state index in [4.69, 9.17) is 5.73 Å². The van der Waals surface area contributed by atoms with Gasteiger partial charge in [-0.05, 0) is 80.2 Å². The van der Waals surface area contributed by atoms with E-state index in [0.29, 0.717) is 0 Å². The summed E-state index contributed by atoms with van der Waals surface area (Å²) in [6.07, 6.45) is 13.5. The van der Waals surface area contributed by atoms with E-state index in [-0.39, 0.29) is 5.54 Å². The molecule has 4 rings (SSSR count). The van der Waals surface area contributed by atoms with Crippen LogP contribution in [0.15, 0.2) is 24.3 Å². The molecule has 1 heteroatoms. The minimum Gasteiger partial charge on any atom is -0.325 e. The largest absolute Gasteiger partial charge is 0.325 e. The molecule has 0 saturated heterocycles. The normalized spacial score (nSPS) is 36.2. The Hall–Kier alpha value is -0.820. The van der Waals surface area contributed by atoms with E-state index in [2.05, 4.69) is 24.3 Å². The molecule has 0 aliphatic heterocycles. The highest BCUT2D eigenvalue weighted by molar-refractivity contribution is 5.33. The fourth-order valence-electron chi connectivity index (χ4n) is 5.16. The van der Waals surface area contributed by atoms with Crippen LogP contribution >= 0.6 is 0 Å². The molecule has 0 spiro atoms. The molecule has 2 N–H and O–H groups in total. The third kappa shape index (κ3) is 2.90. The first-order valence-electron chi connectivity index (χ1n) is 9.10. The van der Waals surface area contributed by atoms with E-state index in [9.17, 15) is 0 Å². The summed E-state index contributed by atoms with van der Waals surface area (Å²) in [5.74, 6) is 2.70. The minimum atomic E-state index is 0.126. The van der Waals surface area contributed by atoms with Crippen molar-refractivity contribution in [1.29, 1.82) is 0 Å². The summed E-state index contributed by atoms with van der Waals surface area (Å²) in [6, 6.07) is 9.11. The number of benzene rings is 1. The second-order valence-corrected chi connectivity index (χ2v) is 8.05. The summed E-state index contributed by atoms with van der Waals surface area (Å²) in [4.78, 5) is 0. The van der Waals surface area contributed by atoms with Gasteiger partial charge in [0, 0.05) is 5.54 Å². The van der Waals surface area contributed by atoms with Gasteiger partial charge in [-0.1, -0.05) is 37.1 Å². The first kappa shape index (κ1) is 13.8. The molecule has 2 fully saturated rings. The molecule has 3 aliphatic carbocycles. The molecular weight excluding hydrogens is 254 g/mol. The molecule has 114 valence electrons. The van der Waals surface area contributed by atoms with Crippen LogP contribution in [0.25, 0.3) is 0 Å². The van der Waals surface area contributed by atoms with Crippen LogP contribution in [0, 0.1) is 11.8 Å². The number of aryl methyl sites for hydroxylation is 1. The third-order valence-corrected chi connectivity index (χ3v) is 6.35. The molecule has 1 aromatic rings. The Morgan fingerprint density at radius 3 is 2.71 bits per heavy atom. The zero-order valence-electron chi connectivity index (χ0n) is 13.2. The average Bonchev–Trinajstić information content (AvgIpc) is 3.32. The molecule has 0 heterocycles. The number of hydrogen-bond donors (Lipinski definition) is 1. The maximum Gasteiger partial charge on any atom is 0.0162 e. The first-order valence-corrected chi connectivity index (χ1v) is 9.10. The van der Waals surface area contributed by atoms with Crippen LogP contribution in [0.3, 0.4) is 0 Å². The maximum atomic E-state index is 6.90. The minimum absolute atomic E-state index is 0.126. The van der Waals surface area contributed by atoms with Crippen molar-refractivity contribution in [2.75, 3.05) is 0 Å². The molecule has 0 aromatic heterocycles. The van der Waals surface area contributed by atoms with Crippen molar-refractivity contribution in [2.45, 2.75) is 75.7 Å². The predicted octanol–water partition coefficient (Wildman–Crippen LogP) is 4.79. The standard InChI is InChI=1S/C20H29N/c21-20(12-4-8-17(13-20)15-10-11-15)14-18-7-3-6-16-5-1-2-9-19(16)18/h1-2,5,9,15,17-18H,3-4,6-8,10-14,21H2. The fraction of sp³-hybridized carbons (Fsp3) is 0.700. The second kappa shape index (κ2) is 5.43. The van der Waals surface area contributed by atoms with Crippen molar-refractivity contribution in [3.8, 4) is 0 Å². The van der Waals surface area contributed by atoms with E-state index < -0.39 is 0 Å². The molecule has 3 aliphatic rings. The monoisotopic (exact) mass is 283 g/mol. The molecule has 0 bridgehead atoms. The molecular formula is C20H29N. The van der Waals surface area contributed by atoms with Gasteiger partial charge < -0.3 is 5.73 Å². The van der Waals surface area contributed by atoms with Crippen LogP contribution in [0.1, 0.15) is 74.8 Å². The van der Waals surface area contributed by atoms with Crippen molar-refractivity contribution in [2.24, 2.45) is 17.6 Å². The van der Waals surface area contributed by atoms with E-state index in [1.54, 1.807) is 11.1 Å². The van der Waals surface area contributed by atoms with Gasteiger partial charge in [0.05, 0.1) is 0 Å². The summed E-state index contributed by atoms with van der Waals surface area (Å²) < 4.78 is 0. The smallest absolute Gasteiger partial charge is 0.0162 e. The van der Waals surface area contributed by atoms with Crippen LogP contribution in [0.4, 0.5) is 0 Å². The van der Waals surface area contributed by atoms with Gasteiger partial charge in [-0.2, -0.15) is 0 Å². The lowest BCUT2D eigenvalue weighted by molar-refractivity contribution is 0.182. The second-order valence-electron chi connectivity index (χ2n) is 8.05. The Morgan fingerprint density at radius 1 is 1.00 bits per heavy atom. The molecule has 1 nitrogen and oxygen atoms in total. The van der Waals surface area contributed by atoms with Crippen molar-refractivity contribution in [3.63, 3.8) is 0 Å². The van der Waals surface area contributed by atoms with Gasteiger partial charge in [0.2, 0.25) is 0 Å². The van der Waals surface area contributed by atoms with Crippen LogP contribution in [-0.4, -0.2) is 5.54 Å². The fourth-order valence-corrected chi connectivity index (χ4v) is 5.16. The molecule has 3 atom stereocenters. The van der Waals surface area contributed by atoms with Crippen molar-refractivity contribution >= 4 is 0 Å². The SMILES string of the molecule is NC1(CC2CCCc3ccccc32)CCCC(C2CC2)C1. The van der Waals surface area contributed by atoms with Gasteiger partial charge in [0.25, 0.3) is 0 Å². The van der Waals surface area contributed by atoms with Crippen LogP contribution in [0.5, 0.6) is 0 Å². The summed E-state index contributed by atoms with van der Waals surface area (Å²) in [7, 11) is 0. The van der Waals surface area contributed by atoms with Crippen LogP contribution in [0.2, 0.25) is 0 Å². The van der Waals surface area contributed by atoms with Gasteiger partial charge in [-0.15, -0.1) is 0 Å². The van der Waals surface area contributed by atoms with E-state index in [1.807, 2.05) is 0 Å². The van der Waals surface area contributed by atoms with Gasteiger partial charge in [-0.3, -0.25) is 0 Å². The highest BCUT2D eigenvalue weighted by atomic mass is 14.8. The van der Waals surface area contributed by atoms with Gasteiger partial charge in [-0.25, -0.2) is 0 Å². The first-order chi connectivity index (χ1) is 10.2. The zero-order valence-corrected chi connectivity index (χ0v) is 13.2. The van der Waals surface area contributed by atoms with Gasteiger partial charge >= 0.3 is 0 Å². The van der Waals surface area contributed by atoms with Gasteiger partial charge in [0.15, 0.2) is 0 Å². The number of hydrogen-bond acceptors (Lipinski definition) is 1. The summed E-state index contributed by atoms with van der Waals surface area (Å²) in [5.41, 5.74) is 10.2. The van der Waals surface area contributed by atoms with E-state index in [1.165, 1.54) is 64.2 Å². The Kier molecular flexibility index (Phi) is 3.57. The summed E-state index contributed by atoms with van der Waals surface area (Å²) in [5, 5.41) is 0. The maximum absolute atomic E-state index is 6.90. The van der Waals surface area contributed by atoms with E-state index >= 15 is 0 Å². The molecule has 21 heavy (non-hydrogen) atoms. The highest BCUT2D eigenvalue weighted by Gasteiger charge is 2.41. The molecule has 0 amide bonds. The quantitative estimate of drug-likeness (QED) is 0.847. The molecule has 1 aromatic carbocycles. The topological polar surface area (TPSA) is 26.0 Å². The lowest BCUT2D eigenvalue weighted by atomic mass is 9.68. The Balaban J connectivity index is 1.50. The lowest BCUT2D eigenvalue weighted by Crippen LogP contribution is -2.46. The Morgan fingerprint density at radius 2 is 1.86 bits per heavy atom. The number of nitrogens with two attached hydrogens (primary N) is 1. The lowest BCUT2D eigenvalue weighted by Gasteiger charge is -2.41. The Bertz CT molecular complexity index is 504. The van der Waals surface area contributed by atoms with Gasteiger partial charge in [0.1, 0.15) is 0 Å². The zero-order chi connectivity index (χ0) is 14.3.